The second-order valence-corrected chi connectivity index (χ2v) is 7.24. The highest BCUT2D eigenvalue weighted by Crippen LogP contribution is 2.40. The minimum Gasteiger partial charge on any atom is -0.391 e. The molecule has 1 saturated carbocycles. The van der Waals surface area contributed by atoms with Crippen LogP contribution in [0, 0.1) is 5.41 Å². The first kappa shape index (κ1) is 13.3. The van der Waals surface area contributed by atoms with Gasteiger partial charge in [0.05, 0.1) is 6.10 Å². The Morgan fingerprint density at radius 1 is 1.12 bits per heavy atom. The number of hydrogen-bond acceptors (Lipinski definition) is 3. The maximum atomic E-state index is 10.4. The molecule has 1 N–H and O–H groups in total. The first-order chi connectivity index (χ1) is 7.74. The third kappa shape index (κ3) is 2.38. The van der Waals surface area contributed by atoms with Gasteiger partial charge in [0.25, 0.3) is 0 Å². The summed E-state index contributed by atoms with van der Waals surface area (Å²) in [5, 5.41) is 10.4. The van der Waals surface area contributed by atoms with Crippen LogP contribution in [0.1, 0.15) is 40.5 Å². The Morgan fingerprint density at radius 2 is 1.76 bits per heavy atom. The summed E-state index contributed by atoms with van der Waals surface area (Å²) in [6.07, 6.45) is 2.13. The Labute approximate surface area is 106 Å². The van der Waals surface area contributed by atoms with Crippen LogP contribution in [0.15, 0.2) is 0 Å². The monoisotopic (exact) mass is 240 g/mol. The first-order valence-corrected chi connectivity index (χ1v) is 6.87. The van der Waals surface area contributed by atoms with E-state index in [4.69, 9.17) is 0 Å². The number of hydrogen-bond donors (Lipinski definition) is 1. The zero-order chi connectivity index (χ0) is 12.8. The van der Waals surface area contributed by atoms with Crippen LogP contribution in [0.3, 0.4) is 0 Å². The Bertz CT molecular complexity index is 288. The van der Waals surface area contributed by atoms with E-state index in [0.29, 0.717) is 6.04 Å². The topological polar surface area (TPSA) is 26.7 Å². The van der Waals surface area contributed by atoms with Crippen LogP contribution >= 0.6 is 0 Å². The maximum absolute atomic E-state index is 10.4. The van der Waals surface area contributed by atoms with Crippen molar-refractivity contribution in [3.63, 3.8) is 0 Å². The van der Waals surface area contributed by atoms with Gasteiger partial charge in [-0.3, -0.25) is 9.80 Å². The van der Waals surface area contributed by atoms with E-state index in [-0.39, 0.29) is 17.1 Å². The number of piperazine rings is 1. The van der Waals surface area contributed by atoms with E-state index in [2.05, 4.69) is 44.5 Å². The normalized spacial score (nSPS) is 38.5. The highest BCUT2D eigenvalue weighted by atomic mass is 16.3. The minimum absolute atomic E-state index is 0.0954. The van der Waals surface area contributed by atoms with Gasteiger partial charge in [-0.25, -0.2) is 0 Å². The molecule has 0 amide bonds. The molecule has 1 aliphatic carbocycles. The van der Waals surface area contributed by atoms with Crippen molar-refractivity contribution in [2.75, 3.05) is 26.7 Å². The van der Waals surface area contributed by atoms with E-state index in [1.54, 1.807) is 0 Å². The van der Waals surface area contributed by atoms with E-state index >= 15 is 0 Å². The summed E-state index contributed by atoms with van der Waals surface area (Å²) in [6.45, 7) is 12.3. The molecule has 1 saturated heterocycles. The Kier molecular flexibility index (Phi) is 3.30. The van der Waals surface area contributed by atoms with Crippen molar-refractivity contribution in [2.45, 2.75) is 58.2 Å². The fourth-order valence-electron chi connectivity index (χ4n) is 3.29. The summed E-state index contributed by atoms with van der Waals surface area (Å²) in [7, 11) is 2.20. The van der Waals surface area contributed by atoms with Crippen molar-refractivity contribution >= 4 is 0 Å². The molecule has 0 aromatic heterocycles. The lowest BCUT2D eigenvalue weighted by molar-refractivity contribution is -0.0336. The third-order valence-corrected chi connectivity index (χ3v) is 5.06. The summed E-state index contributed by atoms with van der Waals surface area (Å²) in [6, 6.07) is 0.373. The molecular weight excluding hydrogens is 212 g/mol. The Hall–Kier alpha value is -0.120. The van der Waals surface area contributed by atoms with Gasteiger partial charge in [-0.2, -0.15) is 0 Å². The molecule has 2 rings (SSSR count). The summed E-state index contributed by atoms with van der Waals surface area (Å²) < 4.78 is 0. The van der Waals surface area contributed by atoms with Gasteiger partial charge in [0, 0.05) is 31.2 Å². The molecule has 2 unspecified atom stereocenters. The zero-order valence-corrected chi connectivity index (χ0v) is 12.0. The molecule has 0 bridgehead atoms. The van der Waals surface area contributed by atoms with Gasteiger partial charge in [0.15, 0.2) is 0 Å². The van der Waals surface area contributed by atoms with Crippen LogP contribution in [0.4, 0.5) is 0 Å². The SMILES string of the molecule is CN1CCN(C2CCC(C)(C)C2O)CC1(C)C. The molecule has 2 fully saturated rings. The number of likely N-dealkylation sites (N-methyl/N-ethyl adjacent to an activating group) is 1. The second kappa shape index (κ2) is 4.22. The van der Waals surface area contributed by atoms with Crippen LogP contribution < -0.4 is 0 Å². The van der Waals surface area contributed by atoms with Gasteiger partial charge in [-0.1, -0.05) is 13.8 Å². The predicted molar refractivity (Wildman–Crippen MR) is 71.1 cm³/mol. The van der Waals surface area contributed by atoms with E-state index in [1.165, 1.54) is 0 Å². The highest BCUT2D eigenvalue weighted by Gasteiger charge is 2.45. The third-order valence-electron chi connectivity index (χ3n) is 5.06. The van der Waals surface area contributed by atoms with Crippen molar-refractivity contribution in [2.24, 2.45) is 5.41 Å². The molecule has 3 nitrogen and oxygen atoms in total. The van der Waals surface area contributed by atoms with Crippen molar-refractivity contribution in [1.82, 2.24) is 9.80 Å². The van der Waals surface area contributed by atoms with Crippen LogP contribution in [0.5, 0.6) is 0 Å². The molecule has 100 valence electrons. The van der Waals surface area contributed by atoms with Gasteiger partial charge in [0.2, 0.25) is 0 Å². The summed E-state index contributed by atoms with van der Waals surface area (Å²) >= 11 is 0. The molecule has 2 aliphatic rings. The van der Waals surface area contributed by atoms with Crippen molar-refractivity contribution in [3.05, 3.63) is 0 Å². The fraction of sp³-hybridized carbons (Fsp3) is 1.00. The smallest absolute Gasteiger partial charge is 0.0746 e. The lowest BCUT2D eigenvalue weighted by atomic mass is 9.88. The molecule has 0 aromatic rings. The van der Waals surface area contributed by atoms with E-state index in [1.807, 2.05) is 0 Å². The molecule has 3 heteroatoms. The van der Waals surface area contributed by atoms with Gasteiger partial charge in [0.1, 0.15) is 0 Å². The standard InChI is InChI=1S/C14H28N2O/c1-13(2)7-6-11(12(13)17)16-9-8-15(5)14(3,4)10-16/h11-12,17H,6-10H2,1-5H3. The predicted octanol–water partition coefficient (Wildman–Crippen LogP) is 1.56. The number of rotatable bonds is 1. The quantitative estimate of drug-likeness (QED) is 0.753. The molecule has 0 radical (unpaired) electrons. The van der Waals surface area contributed by atoms with Crippen LogP contribution in [0.2, 0.25) is 0 Å². The van der Waals surface area contributed by atoms with Gasteiger partial charge < -0.3 is 5.11 Å². The summed E-state index contributed by atoms with van der Waals surface area (Å²) in [5.41, 5.74) is 0.322. The second-order valence-electron chi connectivity index (χ2n) is 7.24. The summed E-state index contributed by atoms with van der Waals surface area (Å²) in [5.74, 6) is 0. The summed E-state index contributed by atoms with van der Waals surface area (Å²) in [4.78, 5) is 4.94. The maximum Gasteiger partial charge on any atom is 0.0746 e. The van der Waals surface area contributed by atoms with Gasteiger partial charge in [-0.15, -0.1) is 0 Å². The van der Waals surface area contributed by atoms with Crippen molar-refractivity contribution in [1.29, 1.82) is 0 Å². The number of nitrogens with zero attached hydrogens (tertiary/aromatic N) is 2. The highest BCUT2D eigenvalue weighted by molar-refractivity contribution is 5.00. The molecule has 1 heterocycles. The molecular formula is C14H28N2O. The average molecular weight is 240 g/mol. The lowest BCUT2D eigenvalue weighted by Gasteiger charge is -2.48. The first-order valence-electron chi connectivity index (χ1n) is 6.87. The molecule has 1 aliphatic heterocycles. The van der Waals surface area contributed by atoms with Crippen molar-refractivity contribution in [3.8, 4) is 0 Å². The van der Waals surface area contributed by atoms with E-state index < -0.39 is 0 Å². The number of aliphatic hydroxyl groups is 1. The van der Waals surface area contributed by atoms with E-state index in [0.717, 1.165) is 32.5 Å². The van der Waals surface area contributed by atoms with Gasteiger partial charge >= 0.3 is 0 Å². The Morgan fingerprint density at radius 3 is 2.24 bits per heavy atom. The van der Waals surface area contributed by atoms with E-state index in [9.17, 15) is 5.11 Å². The minimum atomic E-state index is -0.165. The van der Waals surface area contributed by atoms with Crippen LogP contribution in [0.25, 0.3) is 0 Å². The molecule has 0 aromatic carbocycles. The van der Waals surface area contributed by atoms with Crippen molar-refractivity contribution < 1.29 is 5.11 Å². The largest absolute Gasteiger partial charge is 0.391 e. The van der Waals surface area contributed by atoms with Crippen LogP contribution in [-0.4, -0.2) is 59.3 Å². The molecule has 2 atom stereocenters. The Balaban J connectivity index is 2.05. The number of aliphatic hydroxyl groups excluding tert-OH is 1. The zero-order valence-electron chi connectivity index (χ0n) is 12.0. The average Bonchev–Trinajstić information content (AvgIpc) is 2.47. The van der Waals surface area contributed by atoms with Gasteiger partial charge in [-0.05, 0) is 39.2 Å². The fourth-order valence-corrected chi connectivity index (χ4v) is 3.29. The lowest BCUT2D eigenvalue weighted by Crippen LogP contribution is -2.61. The molecule has 0 spiro atoms. The van der Waals surface area contributed by atoms with Crippen LogP contribution in [-0.2, 0) is 0 Å². The molecule has 17 heavy (non-hydrogen) atoms.